The van der Waals surface area contributed by atoms with Crippen LogP contribution in [0.5, 0.6) is 0 Å². The lowest BCUT2D eigenvalue weighted by atomic mass is 10.1. The van der Waals surface area contributed by atoms with Crippen LogP contribution in [0.25, 0.3) is 0 Å². The van der Waals surface area contributed by atoms with Crippen molar-refractivity contribution < 1.29 is 0 Å². The maximum Gasteiger partial charge on any atom is 0.0854 e. The zero-order valence-electron chi connectivity index (χ0n) is 7.63. The van der Waals surface area contributed by atoms with Gasteiger partial charge in [0.25, 0.3) is 0 Å². The molecule has 0 spiro atoms. The first-order chi connectivity index (χ1) is 5.65. The van der Waals surface area contributed by atoms with E-state index in [4.69, 9.17) is 5.53 Å². The molecular weight excluding hydrogens is 150 g/mol. The van der Waals surface area contributed by atoms with Gasteiger partial charge < -0.3 is 4.90 Å². The van der Waals surface area contributed by atoms with E-state index in [0.717, 1.165) is 5.56 Å². The van der Waals surface area contributed by atoms with Crippen molar-refractivity contribution in [2.24, 2.45) is 5.11 Å². The highest BCUT2D eigenvalue weighted by Crippen LogP contribution is 2.22. The van der Waals surface area contributed by atoms with E-state index in [-0.39, 0.29) is 0 Å². The number of benzene rings is 1. The summed E-state index contributed by atoms with van der Waals surface area (Å²) < 4.78 is 0. The number of hydrogen-bond acceptors (Lipinski definition) is 3. The minimum atomic E-state index is 0.707. The molecule has 1 N–H and O–H groups in total. The quantitative estimate of drug-likeness (QED) is 0.669. The van der Waals surface area contributed by atoms with Crippen molar-refractivity contribution in [3.63, 3.8) is 0 Å². The Hall–Kier alpha value is -1.38. The number of hydrogen-bond donors (Lipinski definition) is 1. The lowest BCUT2D eigenvalue weighted by molar-refractivity contribution is 1.10. The van der Waals surface area contributed by atoms with E-state index in [2.05, 4.69) is 5.11 Å². The molecule has 0 saturated heterocycles. The van der Waals surface area contributed by atoms with Gasteiger partial charge in [0, 0.05) is 19.8 Å². The van der Waals surface area contributed by atoms with Gasteiger partial charge in [-0.05, 0) is 30.7 Å². The Morgan fingerprint density at radius 2 is 2.00 bits per heavy atom. The summed E-state index contributed by atoms with van der Waals surface area (Å²) in [6, 6.07) is 5.72. The molecule has 0 aliphatic heterocycles. The normalized spacial score (nSPS) is 9.58. The third kappa shape index (κ3) is 1.61. The molecule has 0 aliphatic rings. The van der Waals surface area contributed by atoms with Crippen LogP contribution in [0.1, 0.15) is 5.56 Å². The Kier molecular flexibility index (Phi) is 2.43. The third-order valence-electron chi connectivity index (χ3n) is 1.79. The van der Waals surface area contributed by atoms with Gasteiger partial charge >= 0.3 is 0 Å². The van der Waals surface area contributed by atoms with Crippen LogP contribution in [-0.2, 0) is 0 Å². The zero-order valence-corrected chi connectivity index (χ0v) is 7.63. The van der Waals surface area contributed by atoms with Crippen molar-refractivity contribution in [1.82, 2.24) is 0 Å². The van der Waals surface area contributed by atoms with Crippen molar-refractivity contribution in [2.45, 2.75) is 6.92 Å². The molecule has 3 heteroatoms. The van der Waals surface area contributed by atoms with Gasteiger partial charge in [0.1, 0.15) is 0 Å². The second-order valence-electron chi connectivity index (χ2n) is 2.98. The van der Waals surface area contributed by atoms with Gasteiger partial charge in [0.05, 0.1) is 5.69 Å². The fourth-order valence-corrected chi connectivity index (χ4v) is 1.21. The lowest BCUT2D eigenvalue weighted by Gasteiger charge is -2.15. The second kappa shape index (κ2) is 3.34. The zero-order chi connectivity index (χ0) is 9.14. The van der Waals surface area contributed by atoms with Crippen LogP contribution in [0.15, 0.2) is 23.3 Å². The standard InChI is InChI=1S/C9H13N3/c1-7-6-8(11-10)4-5-9(7)12(2)3/h4-6,10H,1-3H3. The first-order valence-corrected chi connectivity index (χ1v) is 3.80. The largest absolute Gasteiger partial charge is 0.377 e. The lowest BCUT2D eigenvalue weighted by Crippen LogP contribution is -2.09. The highest BCUT2D eigenvalue weighted by atomic mass is 15.1. The molecule has 64 valence electrons. The molecule has 0 aromatic heterocycles. The highest BCUT2D eigenvalue weighted by molar-refractivity contribution is 5.57. The number of anilines is 1. The molecule has 12 heavy (non-hydrogen) atoms. The van der Waals surface area contributed by atoms with Crippen LogP contribution < -0.4 is 4.90 Å². The summed E-state index contributed by atoms with van der Waals surface area (Å²) in [5.74, 6) is 0. The van der Waals surface area contributed by atoms with Crippen molar-refractivity contribution in [1.29, 1.82) is 5.53 Å². The highest BCUT2D eigenvalue weighted by Gasteiger charge is 2.00. The minimum Gasteiger partial charge on any atom is -0.377 e. The third-order valence-corrected chi connectivity index (χ3v) is 1.79. The molecule has 1 aromatic rings. The Bertz CT molecular complexity index is 292. The molecule has 1 rings (SSSR count). The molecule has 0 aliphatic carbocycles. The van der Waals surface area contributed by atoms with Crippen molar-refractivity contribution in [3.05, 3.63) is 23.8 Å². The monoisotopic (exact) mass is 163 g/mol. The Morgan fingerprint density at radius 1 is 1.33 bits per heavy atom. The number of nitrogens with zero attached hydrogens (tertiary/aromatic N) is 2. The molecule has 0 fully saturated rings. The predicted octanol–water partition coefficient (Wildman–Crippen LogP) is 2.72. The molecule has 0 saturated carbocycles. The molecule has 0 bridgehead atoms. The van der Waals surface area contributed by atoms with Gasteiger partial charge in [-0.15, -0.1) is 0 Å². The second-order valence-corrected chi connectivity index (χ2v) is 2.98. The Labute approximate surface area is 72.5 Å². The molecule has 1 aromatic carbocycles. The summed E-state index contributed by atoms with van der Waals surface area (Å²) in [5.41, 5.74) is 9.85. The van der Waals surface area contributed by atoms with Gasteiger partial charge in [0.15, 0.2) is 0 Å². The van der Waals surface area contributed by atoms with E-state index >= 15 is 0 Å². The molecule has 3 nitrogen and oxygen atoms in total. The van der Waals surface area contributed by atoms with E-state index in [0.29, 0.717) is 5.69 Å². The fraction of sp³-hybridized carbons (Fsp3) is 0.333. The first-order valence-electron chi connectivity index (χ1n) is 3.80. The Morgan fingerprint density at radius 3 is 2.42 bits per heavy atom. The summed E-state index contributed by atoms with van der Waals surface area (Å²) in [4.78, 5) is 2.04. The summed E-state index contributed by atoms with van der Waals surface area (Å²) in [6.07, 6.45) is 0. The van der Waals surface area contributed by atoms with E-state index in [1.807, 2.05) is 44.1 Å². The average molecular weight is 163 g/mol. The van der Waals surface area contributed by atoms with E-state index in [9.17, 15) is 0 Å². The van der Waals surface area contributed by atoms with Crippen LogP contribution in [0.4, 0.5) is 11.4 Å². The average Bonchev–Trinajstić information content (AvgIpc) is 2.03. The van der Waals surface area contributed by atoms with Crippen LogP contribution in [0.3, 0.4) is 0 Å². The topological polar surface area (TPSA) is 39.5 Å². The smallest absolute Gasteiger partial charge is 0.0854 e. The Balaban J connectivity index is 3.11. The summed E-state index contributed by atoms with van der Waals surface area (Å²) in [6.45, 7) is 2.02. The molecule has 0 heterocycles. The van der Waals surface area contributed by atoms with Crippen LogP contribution in [0.2, 0.25) is 0 Å². The van der Waals surface area contributed by atoms with Crippen molar-refractivity contribution >= 4 is 11.4 Å². The molecular formula is C9H13N3. The van der Waals surface area contributed by atoms with Gasteiger partial charge in [-0.2, -0.15) is 5.11 Å². The van der Waals surface area contributed by atoms with Crippen LogP contribution in [-0.4, -0.2) is 14.1 Å². The molecule has 0 unspecified atom stereocenters. The van der Waals surface area contributed by atoms with E-state index in [1.54, 1.807) is 0 Å². The molecule has 0 amide bonds. The van der Waals surface area contributed by atoms with Crippen LogP contribution in [0, 0.1) is 12.5 Å². The SMILES string of the molecule is Cc1cc(N=N)ccc1N(C)C. The fourth-order valence-electron chi connectivity index (χ4n) is 1.21. The summed E-state index contributed by atoms with van der Waals surface area (Å²) in [5, 5.41) is 3.36. The summed E-state index contributed by atoms with van der Waals surface area (Å²) >= 11 is 0. The first kappa shape index (κ1) is 8.71. The number of rotatable bonds is 2. The van der Waals surface area contributed by atoms with Gasteiger partial charge in [-0.3, -0.25) is 0 Å². The number of aryl methyl sites for hydroxylation is 1. The molecule has 0 radical (unpaired) electrons. The maximum absolute atomic E-state index is 6.83. The minimum absolute atomic E-state index is 0.707. The maximum atomic E-state index is 6.83. The van der Waals surface area contributed by atoms with Gasteiger partial charge in [-0.1, -0.05) is 0 Å². The molecule has 0 atom stereocenters. The number of nitrogens with one attached hydrogen (secondary N) is 1. The van der Waals surface area contributed by atoms with Crippen molar-refractivity contribution in [2.75, 3.05) is 19.0 Å². The van der Waals surface area contributed by atoms with Gasteiger partial charge in [-0.25, -0.2) is 5.53 Å². The predicted molar refractivity (Wildman–Crippen MR) is 50.3 cm³/mol. The van der Waals surface area contributed by atoms with E-state index < -0.39 is 0 Å². The van der Waals surface area contributed by atoms with Crippen molar-refractivity contribution in [3.8, 4) is 0 Å². The van der Waals surface area contributed by atoms with Crippen LogP contribution >= 0.6 is 0 Å². The van der Waals surface area contributed by atoms with E-state index in [1.165, 1.54) is 5.69 Å². The summed E-state index contributed by atoms with van der Waals surface area (Å²) in [7, 11) is 4.00. The van der Waals surface area contributed by atoms with Gasteiger partial charge in [0.2, 0.25) is 0 Å².